The molecule has 0 saturated carbocycles. The van der Waals surface area contributed by atoms with Gasteiger partial charge < -0.3 is 4.74 Å². The van der Waals surface area contributed by atoms with Gasteiger partial charge in [-0.25, -0.2) is 5.43 Å². The molecule has 0 bridgehead atoms. The van der Waals surface area contributed by atoms with Gasteiger partial charge in [0.2, 0.25) is 0 Å². The number of fused-ring (bicyclic) bond motifs is 2. The zero-order chi connectivity index (χ0) is 18.6. The minimum absolute atomic E-state index is 0.283. The zero-order valence-electron chi connectivity index (χ0n) is 14.8. The molecule has 4 rings (SSSR count). The Morgan fingerprint density at radius 3 is 2.22 bits per heavy atom. The van der Waals surface area contributed by atoms with Crippen LogP contribution in [-0.4, -0.2) is 19.2 Å². The molecular formula is C23H18N2O2. The molecule has 1 amide bonds. The van der Waals surface area contributed by atoms with Crippen LogP contribution in [0.1, 0.15) is 15.9 Å². The molecule has 0 aromatic heterocycles. The number of amides is 1. The maximum absolute atomic E-state index is 12.3. The van der Waals surface area contributed by atoms with Crippen molar-refractivity contribution in [3.63, 3.8) is 0 Å². The predicted octanol–water partition coefficient (Wildman–Crippen LogP) is 4.77. The van der Waals surface area contributed by atoms with Crippen molar-refractivity contribution in [2.45, 2.75) is 0 Å². The Labute approximate surface area is 157 Å². The average Bonchev–Trinajstić information content (AvgIpc) is 2.73. The zero-order valence-corrected chi connectivity index (χ0v) is 14.8. The third-order valence-electron chi connectivity index (χ3n) is 4.50. The van der Waals surface area contributed by atoms with Crippen molar-refractivity contribution >= 4 is 33.7 Å². The van der Waals surface area contributed by atoms with Gasteiger partial charge in [-0.2, -0.15) is 5.10 Å². The average molecular weight is 354 g/mol. The van der Waals surface area contributed by atoms with Gasteiger partial charge in [-0.15, -0.1) is 0 Å². The normalized spacial score (nSPS) is 11.1. The molecule has 4 aromatic carbocycles. The fourth-order valence-corrected chi connectivity index (χ4v) is 3.17. The smallest absolute Gasteiger partial charge is 0.271 e. The van der Waals surface area contributed by atoms with Crippen molar-refractivity contribution in [3.05, 3.63) is 90.0 Å². The van der Waals surface area contributed by atoms with Crippen LogP contribution in [0, 0.1) is 0 Å². The van der Waals surface area contributed by atoms with Crippen LogP contribution in [0.3, 0.4) is 0 Å². The van der Waals surface area contributed by atoms with Crippen LogP contribution in [-0.2, 0) is 0 Å². The van der Waals surface area contributed by atoms with Gasteiger partial charge in [0.25, 0.3) is 5.91 Å². The number of benzene rings is 4. The van der Waals surface area contributed by atoms with Crippen molar-refractivity contribution < 1.29 is 9.53 Å². The Morgan fingerprint density at radius 1 is 0.889 bits per heavy atom. The molecule has 0 spiro atoms. The lowest BCUT2D eigenvalue weighted by atomic mass is 9.97. The first-order chi connectivity index (χ1) is 13.3. The number of hydrogen-bond acceptors (Lipinski definition) is 3. The van der Waals surface area contributed by atoms with E-state index in [0.29, 0.717) is 11.3 Å². The standard InChI is InChI=1S/C23H18N2O2/c1-27-19-10-6-9-18(14-19)23(26)25-24-15-22-20-11-4-2-7-16(20)13-17-8-3-5-12-21(17)22/h2-15H,1H3,(H,25,26). The van der Waals surface area contributed by atoms with Gasteiger partial charge in [-0.3, -0.25) is 4.79 Å². The maximum Gasteiger partial charge on any atom is 0.271 e. The fourth-order valence-electron chi connectivity index (χ4n) is 3.17. The van der Waals surface area contributed by atoms with Crippen molar-refractivity contribution in [1.82, 2.24) is 5.43 Å². The number of carbonyl (C=O) groups excluding carboxylic acids is 1. The van der Waals surface area contributed by atoms with E-state index < -0.39 is 0 Å². The summed E-state index contributed by atoms with van der Waals surface area (Å²) in [5.74, 6) is 0.348. The molecule has 0 aliphatic rings. The second-order valence-electron chi connectivity index (χ2n) is 6.16. The Bertz CT molecular complexity index is 1110. The number of carbonyl (C=O) groups is 1. The van der Waals surface area contributed by atoms with Crippen LogP contribution in [0.25, 0.3) is 21.5 Å². The highest BCUT2D eigenvalue weighted by Crippen LogP contribution is 2.27. The molecule has 0 heterocycles. The number of hydrogen-bond donors (Lipinski definition) is 1. The molecule has 27 heavy (non-hydrogen) atoms. The second kappa shape index (κ2) is 7.30. The first kappa shape index (κ1) is 16.8. The summed E-state index contributed by atoms with van der Waals surface area (Å²) in [6, 6.07) is 25.5. The highest BCUT2D eigenvalue weighted by molar-refractivity contribution is 6.13. The van der Waals surface area contributed by atoms with E-state index in [1.807, 2.05) is 24.3 Å². The van der Waals surface area contributed by atoms with Gasteiger partial charge in [-0.05, 0) is 45.8 Å². The summed E-state index contributed by atoms with van der Waals surface area (Å²) in [7, 11) is 1.57. The molecule has 0 saturated heterocycles. The summed E-state index contributed by atoms with van der Waals surface area (Å²) in [4.78, 5) is 12.3. The molecule has 4 heteroatoms. The van der Waals surface area contributed by atoms with Crippen LogP contribution < -0.4 is 10.2 Å². The minimum Gasteiger partial charge on any atom is -0.497 e. The highest BCUT2D eigenvalue weighted by Gasteiger charge is 2.07. The number of methoxy groups -OCH3 is 1. The second-order valence-corrected chi connectivity index (χ2v) is 6.16. The Morgan fingerprint density at radius 2 is 1.56 bits per heavy atom. The van der Waals surface area contributed by atoms with Crippen LogP contribution in [0.2, 0.25) is 0 Å². The minimum atomic E-state index is -0.283. The summed E-state index contributed by atoms with van der Waals surface area (Å²) in [6.07, 6.45) is 1.71. The van der Waals surface area contributed by atoms with Gasteiger partial charge in [0, 0.05) is 11.1 Å². The van der Waals surface area contributed by atoms with Crippen LogP contribution in [0.5, 0.6) is 5.75 Å². The number of hydrazone groups is 1. The van der Waals surface area contributed by atoms with Gasteiger partial charge in [0.05, 0.1) is 13.3 Å². The summed E-state index contributed by atoms with van der Waals surface area (Å²) in [5, 5.41) is 8.67. The Kier molecular flexibility index (Phi) is 4.54. The third-order valence-corrected chi connectivity index (χ3v) is 4.50. The molecule has 0 atom stereocenters. The summed E-state index contributed by atoms with van der Waals surface area (Å²) in [5.41, 5.74) is 4.08. The predicted molar refractivity (Wildman–Crippen MR) is 110 cm³/mol. The first-order valence-electron chi connectivity index (χ1n) is 8.64. The summed E-state index contributed by atoms with van der Waals surface area (Å²) < 4.78 is 5.16. The van der Waals surface area contributed by atoms with Gasteiger partial charge in [-0.1, -0.05) is 54.6 Å². The molecule has 132 valence electrons. The van der Waals surface area contributed by atoms with Crippen molar-refractivity contribution in [3.8, 4) is 5.75 Å². The van der Waals surface area contributed by atoms with E-state index in [9.17, 15) is 4.79 Å². The molecule has 0 fully saturated rings. The van der Waals surface area contributed by atoms with E-state index in [-0.39, 0.29) is 5.91 Å². The largest absolute Gasteiger partial charge is 0.497 e. The van der Waals surface area contributed by atoms with Crippen molar-refractivity contribution in [2.24, 2.45) is 5.10 Å². The van der Waals surface area contributed by atoms with Gasteiger partial charge in [0.1, 0.15) is 5.75 Å². The van der Waals surface area contributed by atoms with Crippen LogP contribution >= 0.6 is 0 Å². The number of ether oxygens (including phenoxy) is 1. The lowest BCUT2D eigenvalue weighted by Gasteiger charge is -2.08. The van der Waals surface area contributed by atoms with E-state index in [4.69, 9.17) is 4.74 Å². The number of rotatable bonds is 4. The molecular weight excluding hydrogens is 336 g/mol. The van der Waals surface area contributed by atoms with E-state index in [1.54, 1.807) is 37.6 Å². The van der Waals surface area contributed by atoms with E-state index in [1.165, 1.54) is 0 Å². The quantitative estimate of drug-likeness (QED) is 0.326. The van der Waals surface area contributed by atoms with Crippen molar-refractivity contribution in [2.75, 3.05) is 7.11 Å². The molecule has 0 unspecified atom stereocenters. The molecule has 0 aliphatic heterocycles. The molecule has 1 N–H and O–H groups in total. The SMILES string of the molecule is COc1cccc(C(=O)NN=Cc2c3ccccc3cc3ccccc23)c1. The molecule has 4 aromatic rings. The lowest BCUT2D eigenvalue weighted by molar-refractivity contribution is 0.0955. The van der Waals surface area contributed by atoms with Crippen molar-refractivity contribution in [1.29, 1.82) is 0 Å². The van der Waals surface area contributed by atoms with Gasteiger partial charge in [0.15, 0.2) is 0 Å². The maximum atomic E-state index is 12.3. The molecule has 0 aliphatic carbocycles. The topological polar surface area (TPSA) is 50.7 Å². The summed E-state index contributed by atoms with van der Waals surface area (Å²) in [6.45, 7) is 0. The number of nitrogens with zero attached hydrogens (tertiary/aromatic N) is 1. The monoisotopic (exact) mass is 354 g/mol. The summed E-state index contributed by atoms with van der Waals surface area (Å²) >= 11 is 0. The molecule has 4 nitrogen and oxygen atoms in total. The first-order valence-corrected chi connectivity index (χ1v) is 8.64. The fraction of sp³-hybridized carbons (Fsp3) is 0.0435. The number of nitrogens with one attached hydrogen (secondary N) is 1. The lowest BCUT2D eigenvalue weighted by Crippen LogP contribution is -2.17. The Balaban J connectivity index is 1.68. The van der Waals surface area contributed by atoms with E-state index in [2.05, 4.69) is 40.9 Å². The third kappa shape index (κ3) is 3.37. The van der Waals surface area contributed by atoms with Gasteiger partial charge >= 0.3 is 0 Å². The van der Waals surface area contributed by atoms with E-state index in [0.717, 1.165) is 27.1 Å². The Hall–Kier alpha value is -3.66. The highest BCUT2D eigenvalue weighted by atomic mass is 16.5. The molecule has 0 radical (unpaired) electrons. The van der Waals surface area contributed by atoms with Crippen LogP contribution in [0.4, 0.5) is 0 Å². The van der Waals surface area contributed by atoms with Crippen LogP contribution in [0.15, 0.2) is 84.0 Å². The van der Waals surface area contributed by atoms with E-state index >= 15 is 0 Å².